The van der Waals surface area contributed by atoms with Crippen molar-refractivity contribution in [3.05, 3.63) is 40.8 Å². The van der Waals surface area contributed by atoms with Gasteiger partial charge in [-0.1, -0.05) is 35.9 Å². The second kappa shape index (κ2) is 6.48. The normalized spacial score (nSPS) is 24.9. The van der Waals surface area contributed by atoms with Crippen molar-refractivity contribution in [1.29, 1.82) is 0 Å². The standard InChI is InChI=1S/C21H32B2O4/c1-15-10-12-16(13-11-15)14-17(22-24-18(2,3)19(4,5)25-22)23-26-20(6,7)21(8,9)27-23/h10-14H,1-9H3. The number of benzene rings is 1. The van der Waals surface area contributed by atoms with Gasteiger partial charge in [-0.15, -0.1) is 0 Å². The maximum atomic E-state index is 6.32. The summed E-state index contributed by atoms with van der Waals surface area (Å²) in [7, 11) is -1.04. The summed E-state index contributed by atoms with van der Waals surface area (Å²) in [6.45, 7) is 18.5. The third-order valence-electron chi connectivity index (χ3n) is 6.46. The van der Waals surface area contributed by atoms with E-state index in [0.717, 1.165) is 10.9 Å². The van der Waals surface area contributed by atoms with E-state index in [2.05, 4.69) is 92.7 Å². The summed E-state index contributed by atoms with van der Waals surface area (Å²) < 4.78 is 25.3. The lowest BCUT2D eigenvalue weighted by molar-refractivity contribution is 0.00578. The molecular weight excluding hydrogens is 338 g/mol. The van der Waals surface area contributed by atoms with Crippen LogP contribution in [0.15, 0.2) is 29.6 Å². The van der Waals surface area contributed by atoms with Crippen LogP contribution in [-0.2, 0) is 18.6 Å². The molecule has 0 amide bonds. The molecule has 146 valence electrons. The van der Waals surface area contributed by atoms with E-state index in [9.17, 15) is 0 Å². The quantitative estimate of drug-likeness (QED) is 0.727. The highest BCUT2D eigenvalue weighted by molar-refractivity contribution is 6.79. The smallest absolute Gasteiger partial charge is 0.400 e. The van der Waals surface area contributed by atoms with E-state index in [1.807, 2.05) is 0 Å². The van der Waals surface area contributed by atoms with Crippen molar-refractivity contribution in [2.75, 3.05) is 0 Å². The molecule has 27 heavy (non-hydrogen) atoms. The predicted octanol–water partition coefficient (Wildman–Crippen LogP) is 4.64. The summed E-state index contributed by atoms with van der Waals surface area (Å²) in [6, 6.07) is 8.37. The first-order valence-corrected chi connectivity index (χ1v) is 9.74. The summed E-state index contributed by atoms with van der Waals surface area (Å²) in [5.74, 6) is 0. The first-order valence-electron chi connectivity index (χ1n) is 9.74. The van der Waals surface area contributed by atoms with Gasteiger partial charge in [0.25, 0.3) is 0 Å². The molecular formula is C21H32B2O4. The first-order chi connectivity index (χ1) is 12.2. The molecule has 0 bridgehead atoms. The topological polar surface area (TPSA) is 36.9 Å². The minimum Gasteiger partial charge on any atom is -0.400 e. The molecule has 0 aromatic heterocycles. The minimum absolute atomic E-state index is 0.423. The fraction of sp³-hybridized carbons (Fsp3) is 0.619. The van der Waals surface area contributed by atoms with Gasteiger partial charge in [-0.25, -0.2) is 0 Å². The Morgan fingerprint density at radius 1 is 0.667 bits per heavy atom. The van der Waals surface area contributed by atoms with Gasteiger partial charge in [0.05, 0.1) is 22.4 Å². The predicted molar refractivity (Wildman–Crippen MR) is 111 cm³/mol. The van der Waals surface area contributed by atoms with Gasteiger partial charge in [-0.3, -0.25) is 0 Å². The maximum Gasteiger partial charge on any atom is 0.486 e. The second-order valence-electron chi connectivity index (χ2n) is 9.73. The average Bonchev–Trinajstić information content (AvgIpc) is 2.86. The Hall–Kier alpha value is -1.07. The molecule has 2 fully saturated rings. The maximum absolute atomic E-state index is 6.32. The van der Waals surface area contributed by atoms with Crippen molar-refractivity contribution in [3.8, 4) is 0 Å². The van der Waals surface area contributed by atoms with Gasteiger partial charge in [0.15, 0.2) is 0 Å². The summed E-state index contributed by atoms with van der Waals surface area (Å²) in [4.78, 5) is 0. The van der Waals surface area contributed by atoms with Gasteiger partial charge in [0.2, 0.25) is 0 Å². The summed E-state index contributed by atoms with van der Waals surface area (Å²) >= 11 is 0. The number of hydrogen-bond acceptors (Lipinski definition) is 4. The Morgan fingerprint density at radius 3 is 1.33 bits per heavy atom. The van der Waals surface area contributed by atoms with Crippen LogP contribution < -0.4 is 0 Å². The van der Waals surface area contributed by atoms with Crippen LogP contribution in [0.4, 0.5) is 0 Å². The van der Waals surface area contributed by atoms with E-state index in [4.69, 9.17) is 18.6 Å². The molecule has 2 heterocycles. The average molecular weight is 370 g/mol. The van der Waals surface area contributed by atoms with Crippen molar-refractivity contribution in [1.82, 2.24) is 0 Å². The molecule has 4 nitrogen and oxygen atoms in total. The molecule has 0 atom stereocenters. The van der Waals surface area contributed by atoms with Crippen molar-refractivity contribution in [2.45, 2.75) is 84.7 Å². The van der Waals surface area contributed by atoms with Crippen LogP contribution in [0.3, 0.4) is 0 Å². The highest BCUT2D eigenvalue weighted by Crippen LogP contribution is 2.43. The van der Waals surface area contributed by atoms with Crippen molar-refractivity contribution < 1.29 is 18.6 Å². The highest BCUT2D eigenvalue weighted by Gasteiger charge is 2.59. The molecule has 2 aliphatic heterocycles. The molecule has 0 spiro atoms. The van der Waals surface area contributed by atoms with Crippen molar-refractivity contribution in [3.63, 3.8) is 0 Å². The van der Waals surface area contributed by atoms with E-state index in [1.165, 1.54) is 5.56 Å². The Labute approximate surface area is 164 Å². The highest BCUT2D eigenvalue weighted by atomic mass is 16.7. The van der Waals surface area contributed by atoms with Crippen molar-refractivity contribution in [2.24, 2.45) is 0 Å². The van der Waals surface area contributed by atoms with Crippen LogP contribution in [0.25, 0.3) is 6.08 Å². The molecule has 2 saturated heterocycles. The Balaban J connectivity index is 2.00. The zero-order valence-corrected chi connectivity index (χ0v) is 18.2. The molecule has 0 N–H and O–H groups in total. The van der Waals surface area contributed by atoms with Crippen molar-refractivity contribution >= 4 is 20.3 Å². The molecule has 0 unspecified atom stereocenters. The lowest BCUT2D eigenvalue weighted by Crippen LogP contribution is -2.41. The Kier molecular flexibility index (Phi) is 4.96. The molecule has 0 radical (unpaired) electrons. The number of aryl methyl sites for hydroxylation is 1. The third kappa shape index (κ3) is 3.77. The third-order valence-corrected chi connectivity index (χ3v) is 6.46. The molecule has 1 aromatic rings. The molecule has 6 heteroatoms. The fourth-order valence-electron chi connectivity index (χ4n) is 3.06. The molecule has 0 aliphatic carbocycles. The summed E-state index contributed by atoms with van der Waals surface area (Å²) in [5.41, 5.74) is 0.600. The number of hydrogen-bond donors (Lipinski definition) is 0. The zero-order valence-electron chi connectivity index (χ0n) is 18.2. The molecule has 3 rings (SSSR count). The monoisotopic (exact) mass is 370 g/mol. The van der Waals surface area contributed by atoms with Crippen LogP contribution in [0, 0.1) is 6.92 Å². The fourth-order valence-corrected chi connectivity index (χ4v) is 3.06. The van der Waals surface area contributed by atoms with E-state index in [-0.39, 0.29) is 0 Å². The van der Waals surface area contributed by atoms with Crippen LogP contribution in [0.2, 0.25) is 0 Å². The van der Waals surface area contributed by atoms with E-state index < -0.39 is 36.6 Å². The van der Waals surface area contributed by atoms with Crippen LogP contribution in [0.5, 0.6) is 0 Å². The SMILES string of the molecule is Cc1ccc(C=C(B2OC(C)(C)C(C)(C)O2)B2OC(C)(C)C(C)(C)O2)cc1. The van der Waals surface area contributed by atoms with E-state index >= 15 is 0 Å². The van der Waals surface area contributed by atoms with Gasteiger partial charge in [0.1, 0.15) is 0 Å². The van der Waals surface area contributed by atoms with Gasteiger partial charge in [-0.2, -0.15) is 0 Å². The van der Waals surface area contributed by atoms with Gasteiger partial charge in [0, 0.05) is 0 Å². The van der Waals surface area contributed by atoms with E-state index in [1.54, 1.807) is 0 Å². The zero-order chi connectivity index (χ0) is 20.3. The van der Waals surface area contributed by atoms with E-state index in [0.29, 0.717) is 0 Å². The molecule has 1 aromatic carbocycles. The molecule has 0 saturated carbocycles. The minimum atomic E-state index is -0.522. The summed E-state index contributed by atoms with van der Waals surface area (Å²) in [5, 5.41) is 0.858. The number of rotatable bonds is 3. The van der Waals surface area contributed by atoms with Gasteiger partial charge in [-0.05, 0) is 73.2 Å². The largest absolute Gasteiger partial charge is 0.486 e. The summed E-state index contributed by atoms with van der Waals surface area (Å²) in [6.07, 6.45) is 2.07. The van der Waals surface area contributed by atoms with Crippen LogP contribution in [-0.4, -0.2) is 36.6 Å². The lowest BCUT2D eigenvalue weighted by Gasteiger charge is -2.32. The first kappa shape index (κ1) is 20.7. The second-order valence-corrected chi connectivity index (χ2v) is 9.73. The van der Waals surface area contributed by atoms with Crippen LogP contribution >= 0.6 is 0 Å². The van der Waals surface area contributed by atoms with Crippen LogP contribution in [0.1, 0.15) is 66.5 Å². The van der Waals surface area contributed by atoms with Gasteiger partial charge < -0.3 is 18.6 Å². The molecule has 2 aliphatic rings. The van der Waals surface area contributed by atoms with Gasteiger partial charge >= 0.3 is 14.2 Å². The Bertz CT molecular complexity index is 665. The Morgan fingerprint density at radius 2 is 1.00 bits per heavy atom. The lowest BCUT2D eigenvalue weighted by atomic mass is 9.57.